The number of hydrogen-bond acceptors (Lipinski definition) is 6. The van der Waals surface area contributed by atoms with Crippen molar-refractivity contribution in [3.8, 4) is 0 Å². The fourth-order valence-electron chi connectivity index (χ4n) is 3.94. The van der Waals surface area contributed by atoms with Gasteiger partial charge in [-0.15, -0.1) is 0 Å². The van der Waals surface area contributed by atoms with E-state index < -0.39 is 0 Å². The summed E-state index contributed by atoms with van der Waals surface area (Å²) in [4.78, 5) is 16.2. The van der Waals surface area contributed by atoms with E-state index in [2.05, 4.69) is 67.2 Å². The van der Waals surface area contributed by atoms with Crippen LogP contribution in [-0.4, -0.2) is 60.7 Å². The number of nitrogens with one attached hydrogen (secondary N) is 1. The average Bonchev–Trinajstić information content (AvgIpc) is 2.75. The van der Waals surface area contributed by atoms with Gasteiger partial charge in [0.2, 0.25) is 0 Å². The van der Waals surface area contributed by atoms with Crippen LogP contribution >= 0.6 is 0 Å². The van der Waals surface area contributed by atoms with Gasteiger partial charge in [0, 0.05) is 56.7 Å². The summed E-state index contributed by atoms with van der Waals surface area (Å²) in [5.74, 6) is 1.86. The second-order valence-electron chi connectivity index (χ2n) is 7.40. The van der Waals surface area contributed by atoms with E-state index in [9.17, 15) is 0 Å². The highest BCUT2D eigenvalue weighted by Gasteiger charge is 2.17. The molecule has 144 valence electrons. The standard InChI is InChI=1S/C21H30N6/c1-2-25-12-14-27(15-13-25)21-16-20(22-17-23-21)24-18-6-8-19(9-7-18)26-10-4-3-5-11-26/h6-9,16-17H,2-5,10-15H2,1H3,(H,22,23,24). The molecule has 2 aromatic rings. The Morgan fingerprint density at radius 3 is 2.30 bits per heavy atom. The molecule has 4 rings (SSSR count). The topological polar surface area (TPSA) is 47.5 Å². The molecule has 6 heteroatoms. The number of hydrogen-bond donors (Lipinski definition) is 1. The van der Waals surface area contributed by atoms with Crippen LogP contribution in [0.2, 0.25) is 0 Å². The number of nitrogens with zero attached hydrogens (tertiary/aromatic N) is 5. The lowest BCUT2D eigenvalue weighted by atomic mass is 10.1. The zero-order valence-corrected chi connectivity index (χ0v) is 16.3. The van der Waals surface area contributed by atoms with Crippen molar-refractivity contribution in [2.24, 2.45) is 0 Å². The first-order valence-electron chi connectivity index (χ1n) is 10.2. The number of anilines is 4. The highest BCUT2D eigenvalue weighted by atomic mass is 15.3. The zero-order valence-electron chi connectivity index (χ0n) is 16.3. The molecule has 2 fully saturated rings. The Morgan fingerprint density at radius 1 is 0.852 bits per heavy atom. The summed E-state index contributed by atoms with van der Waals surface area (Å²) in [5, 5.41) is 3.43. The smallest absolute Gasteiger partial charge is 0.135 e. The van der Waals surface area contributed by atoms with Gasteiger partial charge in [0.05, 0.1) is 0 Å². The maximum Gasteiger partial charge on any atom is 0.135 e. The zero-order chi connectivity index (χ0) is 18.5. The van der Waals surface area contributed by atoms with Crippen LogP contribution in [0.15, 0.2) is 36.7 Å². The third kappa shape index (κ3) is 4.50. The summed E-state index contributed by atoms with van der Waals surface area (Å²) in [7, 11) is 0. The monoisotopic (exact) mass is 366 g/mol. The molecule has 0 unspecified atom stereocenters. The quantitative estimate of drug-likeness (QED) is 0.876. The Hall–Kier alpha value is -2.34. The van der Waals surface area contributed by atoms with Crippen molar-refractivity contribution in [2.75, 3.05) is 60.9 Å². The molecular weight excluding hydrogens is 336 g/mol. The van der Waals surface area contributed by atoms with Crippen LogP contribution < -0.4 is 15.1 Å². The van der Waals surface area contributed by atoms with E-state index in [1.54, 1.807) is 6.33 Å². The Labute approximate surface area is 162 Å². The van der Waals surface area contributed by atoms with Gasteiger partial charge in [-0.2, -0.15) is 0 Å². The van der Waals surface area contributed by atoms with Gasteiger partial charge >= 0.3 is 0 Å². The highest BCUT2D eigenvalue weighted by Crippen LogP contribution is 2.24. The summed E-state index contributed by atoms with van der Waals surface area (Å²) in [6, 6.07) is 10.8. The lowest BCUT2D eigenvalue weighted by Gasteiger charge is -2.34. The van der Waals surface area contributed by atoms with Gasteiger partial charge < -0.3 is 20.0 Å². The van der Waals surface area contributed by atoms with Crippen molar-refractivity contribution < 1.29 is 0 Å². The normalized spacial score (nSPS) is 18.6. The van der Waals surface area contributed by atoms with Crippen molar-refractivity contribution in [2.45, 2.75) is 26.2 Å². The lowest BCUT2D eigenvalue weighted by Crippen LogP contribution is -2.46. The minimum absolute atomic E-state index is 0.851. The SMILES string of the molecule is CCN1CCN(c2cc(Nc3ccc(N4CCCCC4)cc3)ncn2)CC1. The fraction of sp³-hybridized carbons (Fsp3) is 0.524. The Balaban J connectivity index is 1.39. The van der Waals surface area contributed by atoms with Crippen molar-refractivity contribution >= 4 is 23.0 Å². The minimum Gasteiger partial charge on any atom is -0.372 e. The molecular formula is C21H30N6. The van der Waals surface area contributed by atoms with Crippen molar-refractivity contribution in [3.63, 3.8) is 0 Å². The summed E-state index contributed by atoms with van der Waals surface area (Å²) in [6.45, 7) is 9.93. The van der Waals surface area contributed by atoms with E-state index in [1.807, 2.05) is 0 Å². The molecule has 27 heavy (non-hydrogen) atoms. The molecule has 0 radical (unpaired) electrons. The average molecular weight is 367 g/mol. The Bertz CT molecular complexity index is 718. The van der Waals surface area contributed by atoms with Crippen LogP contribution in [0.3, 0.4) is 0 Å². The maximum absolute atomic E-state index is 4.48. The number of piperidine rings is 1. The Kier molecular flexibility index (Phi) is 5.72. The van der Waals surface area contributed by atoms with E-state index in [-0.39, 0.29) is 0 Å². The number of likely N-dealkylation sites (N-methyl/N-ethyl adjacent to an activating group) is 1. The van der Waals surface area contributed by atoms with Gasteiger partial charge in [0.15, 0.2) is 0 Å². The first-order chi connectivity index (χ1) is 13.3. The number of aromatic nitrogens is 2. The third-order valence-corrected chi connectivity index (χ3v) is 5.66. The molecule has 1 aromatic carbocycles. The van der Waals surface area contributed by atoms with Gasteiger partial charge in [0.25, 0.3) is 0 Å². The van der Waals surface area contributed by atoms with Crippen LogP contribution in [-0.2, 0) is 0 Å². The molecule has 0 bridgehead atoms. The van der Waals surface area contributed by atoms with E-state index in [0.717, 1.165) is 50.0 Å². The van der Waals surface area contributed by atoms with Crippen molar-refractivity contribution in [1.82, 2.24) is 14.9 Å². The summed E-state index contributed by atoms with van der Waals surface area (Å²) < 4.78 is 0. The second-order valence-corrected chi connectivity index (χ2v) is 7.40. The number of rotatable bonds is 5. The molecule has 2 aliphatic heterocycles. The van der Waals surface area contributed by atoms with E-state index in [1.165, 1.54) is 38.0 Å². The summed E-state index contributed by atoms with van der Waals surface area (Å²) in [5.41, 5.74) is 2.38. The van der Waals surface area contributed by atoms with Gasteiger partial charge in [0.1, 0.15) is 18.0 Å². The minimum atomic E-state index is 0.851. The molecule has 6 nitrogen and oxygen atoms in total. The van der Waals surface area contributed by atoms with E-state index in [0.29, 0.717) is 0 Å². The molecule has 0 amide bonds. The van der Waals surface area contributed by atoms with Crippen molar-refractivity contribution in [3.05, 3.63) is 36.7 Å². The third-order valence-electron chi connectivity index (χ3n) is 5.66. The molecule has 0 aliphatic carbocycles. The fourth-order valence-corrected chi connectivity index (χ4v) is 3.94. The van der Waals surface area contributed by atoms with E-state index in [4.69, 9.17) is 0 Å². The van der Waals surface area contributed by atoms with Gasteiger partial charge in [-0.1, -0.05) is 6.92 Å². The second kappa shape index (κ2) is 8.57. The predicted octanol–water partition coefficient (Wildman–Crippen LogP) is 3.35. The number of piperazine rings is 1. The largest absolute Gasteiger partial charge is 0.372 e. The van der Waals surface area contributed by atoms with Crippen molar-refractivity contribution in [1.29, 1.82) is 0 Å². The van der Waals surface area contributed by atoms with Gasteiger partial charge in [-0.25, -0.2) is 9.97 Å². The lowest BCUT2D eigenvalue weighted by molar-refractivity contribution is 0.270. The van der Waals surface area contributed by atoms with Gasteiger partial charge in [-0.05, 0) is 50.1 Å². The molecule has 0 spiro atoms. The van der Waals surface area contributed by atoms with E-state index >= 15 is 0 Å². The molecule has 0 atom stereocenters. The molecule has 2 aliphatic rings. The van der Waals surface area contributed by atoms with Crippen LogP contribution in [0.25, 0.3) is 0 Å². The molecule has 0 saturated carbocycles. The number of benzene rings is 1. The van der Waals surface area contributed by atoms with Crippen LogP contribution in [0.4, 0.5) is 23.0 Å². The first-order valence-corrected chi connectivity index (χ1v) is 10.2. The van der Waals surface area contributed by atoms with Gasteiger partial charge in [-0.3, -0.25) is 0 Å². The first kappa shape index (κ1) is 18.0. The van der Waals surface area contributed by atoms with Crippen LogP contribution in [0, 0.1) is 0 Å². The highest BCUT2D eigenvalue weighted by molar-refractivity contribution is 5.62. The molecule has 3 heterocycles. The van der Waals surface area contributed by atoms with Crippen LogP contribution in [0.1, 0.15) is 26.2 Å². The molecule has 2 saturated heterocycles. The predicted molar refractivity (Wildman–Crippen MR) is 112 cm³/mol. The molecule has 1 aromatic heterocycles. The summed E-state index contributed by atoms with van der Waals surface area (Å²) >= 11 is 0. The maximum atomic E-state index is 4.48. The Morgan fingerprint density at radius 2 is 1.59 bits per heavy atom. The summed E-state index contributed by atoms with van der Waals surface area (Å²) in [6.07, 6.45) is 5.62. The molecule has 1 N–H and O–H groups in total. The van der Waals surface area contributed by atoms with Crippen LogP contribution in [0.5, 0.6) is 0 Å².